The van der Waals surface area contributed by atoms with E-state index in [1.165, 1.54) is 12.1 Å². The number of rotatable bonds is 5. The summed E-state index contributed by atoms with van der Waals surface area (Å²) in [4.78, 5) is 8.06. The molecule has 0 aliphatic rings. The third kappa shape index (κ3) is 2.89. The van der Waals surface area contributed by atoms with Crippen molar-refractivity contribution < 1.29 is 8.91 Å². The Morgan fingerprint density at radius 3 is 2.94 bits per heavy atom. The summed E-state index contributed by atoms with van der Waals surface area (Å²) in [6, 6.07) is 2.54. The second-order valence-corrected chi connectivity index (χ2v) is 4.07. The summed E-state index contributed by atoms with van der Waals surface area (Å²) < 4.78 is 17.8. The third-order valence-corrected chi connectivity index (χ3v) is 2.58. The van der Waals surface area contributed by atoms with Crippen molar-refractivity contribution in [1.29, 1.82) is 0 Å². The van der Waals surface area contributed by atoms with Crippen LogP contribution in [0.1, 0.15) is 38.1 Å². The highest BCUT2D eigenvalue weighted by Gasteiger charge is 2.15. The fourth-order valence-corrected chi connectivity index (χ4v) is 1.55. The highest BCUT2D eigenvalue weighted by molar-refractivity contribution is 5.47. The van der Waals surface area contributed by atoms with E-state index in [0.29, 0.717) is 17.4 Å². The van der Waals surface area contributed by atoms with Gasteiger partial charge in [0.15, 0.2) is 0 Å². The fraction of sp³-hybridized carbons (Fsp3) is 0.417. The molecule has 6 heteroatoms. The van der Waals surface area contributed by atoms with Gasteiger partial charge in [0.2, 0.25) is 11.7 Å². The Morgan fingerprint density at radius 1 is 1.44 bits per heavy atom. The summed E-state index contributed by atoms with van der Waals surface area (Å²) in [6.07, 6.45) is 3.99. The van der Waals surface area contributed by atoms with Gasteiger partial charge in [0.25, 0.3) is 0 Å². The molecule has 1 atom stereocenters. The maximum atomic E-state index is 12.7. The van der Waals surface area contributed by atoms with Gasteiger partial charge in [-0.15, -0.1) is 0 Å². The van der Waals surface area contributed by atoms with E-state index in [-0.39, 0.29) is 6.04 Å². The molecule has 0 bridgehead atoms. The molecule has 0 spiro atoms. The minimum atomic E-state index is -0.401. The van der Waals surface area contributed by atoms with Crippen molar-refractivity contribution in [2.75, 3.05) is 0 Å². The number of halogens is 1. The zero-order chi connectivity index (χ0) is 13.0. The average Bonchev–Trinajstić information content (AvgIpc) is 2.86. The summed E-state index contributed by atoms with van der Waals surface area (Å²) in [5.41, 5.74) is 6.39. The van der Waals surface area contributed by atoms with E-state index >= 15 is 0 Å². The van der Waals surface area contributed by atoms with Crippen LogP contribution in [0.3, 0.4) is 0 Å². The molecule has 0 aliphatic carbocycles. The van der Waals surface area contributed by atoms with Gasteiger partial charge < -0.3 is 10.3 Å². The van der Waals surface area contributed by atoms with E-state index in [1.54, 1.807) is 0 Å². The number of aromatic nitrogens is 3. The van der Waals surface area contributed by atoms with E-state index in [2.05, 4.69) is 22.0 Å². The topological polar surface area (TPSA) is 77.8 Å². The summed E-state index contributed by atoms with van der Waals surface area (Å²) >= 11 is 0. The second kappa shape index (κ2) is 5.68. The molecule has 0 aliphatic heterocycles. The van der Waals surface area contributed by atoms with Gasteiger partial charge in [-0.25, -0.2) is 9.37 Å². The Kier molecular flexibility index (Phi) is 3.99. The van der Waals surface area contributed by atoms with Crippen LogP contribution >= 0.6 is 0 Å². The predicted molar refractivity (Wildman–Crippen MR) is 63.9 cm³/mol. The van der Waals surface area contributed by atoms with Gasteiger partial charge in [0.05, 0.1) is 12.2 Å². The van der Waals surface area contributed by atoms with E-state index in [1.807, 2.05) is 0 Å². The molecule has 0 amide bonds. The molecule has 0 fully saturated rings. The molecule has 96 valence electrons. The van der Waals surface area contributed by atoms with Crippen molar-refractivity contribution in [3.05, 3.63) is 30.0 Å². The van der Waals surface area contributed by atoms with Crippen LogP contribution in [0.25, 0.3) is 11.5 Å². The van der Waals surface area contributed by atoms with Crippen molar-refractivity contribution in [2.24, 2.45) is 5.73 Å². The summed E-state index contributed by atoms with van der Waals surface area (Å²) in [7, 11) is 0. The van der Waals surface area contributed by atoms with Crippen LogP contribution in [0, 0.1) is 5.82 Å². The second-order valence-electron chi connectivity index (χ2n) is 4.07. The van der Waals surface area contributed by atoms with Crippen molar-refractivity contribution in [2.45, 2.75) is 32.2 Å². The number of hydrogen-bond donors (Lipinski definition) is 1. The van der Waals surface area contributed by atoms with Crippen LogP contribution in [0.4, 0.5) is 4.39 Å². The Hall–Kier alpha value is -1.82. The molecule has 2 aromatic heterocycles. The van der Waals surface area contributed by atoms with Crippen molar-refractivity contribution in [1.82, 2.24) is 15.1 Å². The molecule has 5 nitrogen and oxygen atoms in total. The molecule has 2 heterocycles. The molecule has 0 saturated carbocycles. The van der Waals surface area contributed by atoms with Gasteiger partial charge in [-0.05, 0) is 18.6 Å². The standard InChI is InChI=1S/C12H15FN4O/c1-2-3-4-9(14)12-16-11(17-18-12)10-6-5-8(13)7-15-10/h5-7,9H,2-4,14H2,1H3/t9-/m0/s1. The van der Waals surface area contributed by atoms with E-state index in [0.717, 1.165) is 25.5 Å². The van der Waals surface area contributed by atoms with Crippen LogP contribution in [0.15, 0.2) is 22.9 Å². The lowest BCUT2D eigenvalue weighted by molar-refractivity contribution is 0.346. The molecule has 0 aromatic carbocycles. The molecule has 0 unspecified atom stereocenters. The van der Waals surface area contributed by atoms with Crippen LogP contribution in [0.5, 0.6) is 0 Å². The highest BCUT2D eigenvalue weighted by Crippen LogP contribution is 2.18. The Balaban J connectivity index is 2.12. The maximum Gasteiger partial charge on any atom is 0.243 e. The normalized spacial score (nSPS) is 12.6. The van der Waals surface area contributed by atoms with Crippen molar-refractivity contribution in [3.8, 4) is 11.5 Å². The van der Waals surface area contributed by atoms with E-state index < -0.39 is 5.82 Å². The Labute approximate surface area is 104 Å². The Morgan fingerprint density at radius 2 is 2.28 bits per heavy atom. The smallest absolute Gasteiger partial charge is 0.243 e. The van der Waals surface area contributed by atoms with Crippen LogP contribution < -0.4 is 5.73 Å². The molecule has 2 rings (SSSR count). The number of pyridine rings is 1. The monoisotopic (exact) mass is 250 g/mol. The lowest BCUT2D eigenvalue weighted by Crippen LogP contribution is -2.10. The number of nitrogens with zero attached hydrogens (tertiary/aromatic N) is 3. The average molecular weight is 250 g/mol. The van der Waals surface area contributed by atoms with Gasteiger partial charge in [-0.3, -0.25) is 0 Å². The van der Waals surface area contributed by atoms with Crippen molar-refractivity contribution in [3.63, 3.8) is 0 Å². The Bertz CT molecular complexity index is 497. The van der Waals surface area contributed by atoms with Crippen LogP contribution in [-0.2, 0) is 0 Å². The van der Waals surface area contributed by atoms with Gasteiger partial charge in [-0.2, -0.15) is 4.98 Å². The zero-order valence-electron chi connectivity index (χ0n) is 10.1. The maximum absolute atomic E-state index is 12.7. The van der Waals surface area contributed by atoms with Gasteiger partial charge in [-0.1, -0.05) is 24.9 Å². The largest absolute Gasteiger partial charge is 0.337 e. The van der Waals surface area contributed by atoms with Gasteiger partial charge in [0.1, 0.15) is 11.5 Å². The molecule has 2 aromatic rings. The summed E-state index contributed by atoms with van der Waals surface area (Å²) in [5.74, 6) is 0.323. The quantitative estimate of drug-likeness (QED) is 0.881. The minimum Gasteiger partial charge on any atom is -0.337 e. The molecule has 0 radical (unpaired) electrons. The number of hydrogen-bond acceptors (Lipinski definition) is 5. The molecule has 18 heavy (non-hydrogen) atoms. The lowest BCUT2D eigenvalue weighted by atomic mass is 10.1. The number of unbranched alkanes of at least 4 members (excludes halogenated alkanes) is 1. The number of nitrogens with two attached hydrogens (primary N) is 1. The molecular formula is C12H15FN4O. The van der Waals surface area contributed by atoms with Crippen LogP contribution in [-0.4, -0.2) is 15.1 Å². The summed E-state index contributed by atoms with van der Waals surface area (Å²) in [6.45, 7) is 2.09. The first-order valence-electron chi connectivity index (χ1n) is 5.92. The first kappa shape index (κ1) is 12.6. The van der Waals surface area contributed by atoms with E-state index in [9.17, 15) is 4.39 Å². The van der Waals surface area contributed by atoms with Crippen LogP contribution in [0.2, 0.25) is 0 Å². The highest BCUT2D eigenvalue weighted by atomic mass is 19.1. The molecule has 0 saturated heterocycles. The SMILES string of the molecule is CCCC[C@H](N)c1nc(-c2ccc(F)cn2)no1. The predicted octanol–water partition coefficient (Wildman–Crippen LogP) is 2.46. The lowest BCUT2D eigenvalue weighted by Gasteiger charge is -2.03. The minimum absolute atomic E-state index is 0.258. The molecular weight excluding hydrogens is 235 g/mol. The van der Waals surface area contributed by atoms with Gasteiger partial charge in [0, 0.05) is 0 Å². The van der Waals surface area contributed by atoms with Crippen molar-refractivity contribution >= 4 is 0 Å². The zero-order valence-corrected chi connectivity index (χ0v) is 10.1. The fourth-order valence-electron chi connectivity index (χ4n) is 1.55. The molecule has 2 N–H and O–H groups in total. The van der Waals surface area contributed by atoms with Gasteiger partial charge >= 0.3 is 0 Å². The first-order chi connectivity index (χ1) is 8.70. The van der Waals surface area contributed by atoms with E-state index in [4.69, 9.17) is 10.3 Å². The first-order valence-corrected chi connectivity index (χ1v) is 5.92. The summed E-state index contributed by atoms with van der Waals surface area (Å²) in [5, 5.41) is 3.79. The third-order valence-electron chi connectivity index (χ3n) is 2.58.